The summed E-state index contributed by atoms with van der Waals surface area (Å²) >= 11 is 0. The lowest BCUT2D eigenvalue weighted by Crippen LogP contribution is -2.45. The van der Waals surface area contributed by atoms with Crippen LogP contribution < -0.4 is 5.32 Å². The molecular weight excluding hydrogens is 196 g/mol. The number of rotatable bonds is 7. The summed E-state index contributed by atoms with van der Waals surface area (Å²) in [5, 5.41) is 3.63. The minimum absolute atomic E-state index is 0.767. The van der Waals surface area contributed by atoms with E-state index in [1.807, 2.05) is 0 Å². The van der Waals surface area contributed by atoms with Crippen molar-refractivity contribution in [1.82, 2.24) is 10.2 Å². The maximum atomic E-state index is 3.63. The Morgan fingerprint density at radius 2 is 1.75 bits per heavy atom. The predicted octanol–water partition coefficient (Wildman–Crippen LogP) is 2.89. The topological polar surface area (TPSA) is 15.3 Å². The third kappa shape index (κ3) is 5.31. The molecule has 0 amide bonds. The van der Waals surface area contributed by atoms with E-state index in [0.717, 1.165) is 18.5 Å². The monoisotopic (exact) mass is 226 g/mol. The Hall–Kier alpha value is -0.0800. The lowest BCUT2D eigenvalue weighted by atomic mass is 10.0. The molecule has 0 radical (unpaired) electrons. The van der Waals surface area contributed by atoms with Gasteiger partial charge in [0.05, 0.1) is 0 Å². The first kappa shape index (κ1) is 14.0. The van der Waals surface area contributed by atoms with Gasteiger partial charge in [-0.3, -0.25) is 4.90 Å². The summed E-state index contributed by atoms with van der Waals surface area (Å²) in [4.78, 5) is 2.71. The molecule has 1 N–H and O–H groups in total. The van der Waals surface area contributed by atoms with Gasteiger partial charge >= 0.3 is 0 Å². The molecule has 0 aliphatic carbocycles. The molecule has 1 saturated heterocycles. The zero-order valence-corrected chi connectivity index (χ0v) is 11.5. The summed E-state index contributed by atoms with van der Waals surface area (Å²) in [6, 6.07) is 0.782. The average Bonchev–Trinajstić information content (AvgIpc) is 2.29. The first-order chi connectivity index (χ1) is 7.74. The molecule has 1 aliphatic rings. The zero-order chi connectivity index (χ0) is 11.8. The van der Waals surface area contributed by atoms with E-state index in [1.165, 1.54) is 51.7 Å². The van der Waals surface area contributed by atoms with Crippen molar-refractivity contribution < 1.29 is 0 Å². The Balaban J connectivity index is 2.27. The van der Waals surface area contributed by atoms with Crippen LogP contribution in [-0.2, 0) is 0 Å². The van der Waals surface area contributed by atoms with Crippen LogP contribution in [0.2, 0.25) is 0 Å². The molecule has 0 bridgehead atoms. The lowest BCUT2D eigenvalue weighted by Gasteiger charge is -2.35. The van der Waals surface area contributed by atoms with Crippen molar-refractivity contribution in [2.24, 2.45) is 5.92 Å². The number of piperidine rings is 1. The molecule has 2 nitrogen and oxygen atoms in total. The van der Waals surface area contributed by atoms with Crippen LogP contribution in [0.25, 0.3) is 0 Å². The van der Waals surface area contributed by atoms with Gasteiger partial charge in [0.2, 0.25) is 0 Å². The fourth-order valence-corrected chi connectivity index (χ4v) is 2.57. The summed E-state index contributed by atoms with van der Waals surface area (Å²) in [7, 11) is 0. The van der Waals surface area contributed by atoms with E-state index in [9.17, 15) is 0 Å². The highest BCUT2D eigenvalue weighted by Gasteiger charge is 2.19. The van der Waals surface area contributed by atoms with E-state index >= 15 is 0 Å². The smallest absolute Gasteiger partial charge is 0.0220 e. The predicted molar refractivity (Wildman–Crippen MR) is 71.8 cm³/mol. The molecule has 1 unspecified atom stereocenters. The van der Waals surface area contributed by atoms with E-state index in [1.54, 1.807) is 0 Å². The van der Waals surface area contributed by atoms with Gasteiger partial charge in [-0.1, -0.05) is 33.6 Å². The summed E-state index contributed by atoms with van der Waals surface area (Å²) in [6.45, 7) is 11.9. The third-order valence-corrected chi connectivity index (χ3v) is 3.46. The minimum Gasteiger partial charge on any atom is -0.315 e. The van der Waals surface area contributed by atoms with Crippen molar-refractivity contribution in [2.75, 3.05) is 26.2 Å². The number of nitrogens with zero attached hydrogens (tertiary/aromatic N) is 1. The Morgan fingerprint density at radius 1 is 1.06 bits per heavy atom. The van der Waals surface area contributed by atoms with Gasteiger partial charge in [0.15, 0.2) is 0 Å². The molecule has 16 heavy (non-hydrogen) atoms. The van der Waals surface area contributed by atoms with Crippen LogP contribution in [0.15, 0.2) is 0 Å². The van der Waals surface area contributed by atoms with Crippen LogP contribution in [0.5, 0.6) is 0 Å². The van der Waals surface area contributed by atoms with Gasteiger partial charge in [0.25, 0.3) is 0 Å². The van der Waals surface area contributed by atoms with Crippen LogP contribution >= 0.6 is 0 Å². The highest BCUT2D eigenvalue weighted by atomic mass is 15.2. The Bertz CT molecular complexity index is 162. The van der Waals surface area contributed by atoms with Gasteiger partial charge in [-0.25, -0.2) is 0 Å². The number of likely N-dealkylation sites (tertiary alicyclic amines) is 1. The normalized spacial score (nSPS) is 20.2. The van der Waals surface area contributed by atoms with Crippen molar-refractivity contribution in [3.05, 3.63) is 0 Å². The highest BCUT2D eigenvalue weighted by Crippen LogP contribution is 2.15. The highest BCUT2D eigenvalue weighted by molar-refractivity contribution is 4.76. The van der Waals surface area contributed by atoms with Crippen molar-refractivity contribution >= 4 is 0 Å². The van der Waals surface area contributed by atoms with Gasteiger partial charge in [0, 0.05) is 12.6 Å². The van der Waals surface area contributed by atoms with E-state index in [2.05, 4.69) is 31.0 Å². The van der Waals surface area contributed by atoms with Gasteiger partial charge in [-0.2, -0.15) is 0 Å². The zero-order valence-electron chi connectivity index (χ0n) is 11.5. The van der Waals surface area contributed by atoms with Crippen LogP contribution in [0, 0.1) is 5.92 Å². The Morgan fingerprint density at radius 3 is 2.31 bits per heavy atom. The van der Waals surface area contributed by atoms with Gasteiger partial charge in [-0.05, 0) is 44.8 Å². The molecule has 1 rings (SSSR count). The number of hydrogen-bond donors (Lipinski definition) is 1. The second-order valence-corrected chi connectivity index (χ2v) is 5.59. The van der Waals surface area contributed by atoms with E-state index in [-0.39, 0.29) is 0 Å². The standard InChI is InChI=1S/C14H30N2/c1-4-8-14(12-15-11-13(2)3)16-9-6-5-7-10-16/h13-15H,4-12H2,1-3H3. The fourth-order valence-electron chi connectivity index (χ4n) is 2.57. The number of hydrogen-bond acceptors (Lipinski definition) is 2. The maximum Gasteiger partial charge on any atom is 0.0220 e. The molecule has 0 aromatic carbocycles. The van der Waals surface area contributed by atoms with Crippen molar-refractivity contribution in [3.63, 3.8) is 0 Å². The molecule has 0 aromatic rings. The lowest BCUT2D eigenvalue weighted by molar-refractivity contribution is 0.151. The molecule has 96 valence electrons. The van der Waals surface area contributed by atoms with Crippen molar-refractivity contribution in [1.29, 1.82) is 0 Å². The Labute approximate surface area is 102 Å². The van der Waals surface area contributed by atoms with E-state index < -0.39 is 0 Å². The minimum atomic E-state index is 0.767. The SMILES string of the molecule is CCCC(CNCC(C)C)N1CCCCC1. The van der Waals surface area contributed by atoms with Crippen LogP contribution in [0.1, 0.15) is 52.9 Å². The van der Waals surface area contributed by atoms with Crippen LogP contribution in [0.3, 0.4) is 0 Å². The second kappa shape index (κ2) is 8.08. The van der Waals surface area contributed by atoms with Gasteiger partial charge in [0.1, 0.15) is 0 Å². The van der Waals surface area contributed by atoms with E-state index in [4.69, 9.17) is 0 Å². The molecule has 1 fully saturated rings. The molecule has 1 aliphatic heterocycles. The largest absolute Gasteiger partial charge is 0.315 e. The molecule has 2 heteroatoms. The Kier molecular flexibility index (Phi) is 7.06. The van der Waals surface area contributed by atoms with Crippen molar-refractivity contribution in [2.45, 2.75) is 58.9 Å². The van der Waals surface area contributed by atoms with Gasteiger partial charge in [-0.15, -0.1) is 0 Å². The molecule has 0 aromatic heterocycles. The third-order valence-electron chi connectivity index (χ3n) is 3.46. The fraction of sp³-hybridized carbons (Fsp3) is 1.00. The molecule has 1 heterocycles. The maximum absolute atomic E-state index is 3.63. The second-order valence-electron chi connectivity index (χ2n) is 5.59. The first-order valence-corrected chi connectivity index (χ1v) is 7.18. The summed E-state index contributed by atoms with van der Waals surface area (Å²) in [6.07, 6.45) is 6.92. The van der Waals surface area contributed by atoms with Gasteiger partial charge < -0.3 is 5.32 Å². The summed E-state index contributed by atoms with van der Waals surface area (Å²) < 4.78 is 0. The quantitative estimate of drug-likeness (QED) is 0.718. The average molecular weight is 226 g/mol. The number of nitrogens with one attached hydrogen (secondary N) is 1. The van der Waals surface area contributed by atoms with Crippen LogP contribution in [0.4, 0.5) is 0 Å². The molecular formula is C14H30N2. The van der Waals surface area contributed by atoms with Crippen LogP contribution in [-0.4, -0.2) is 37.1 Å². The van der Waals surface area contributed by atoms with Crippen molar-refractivity contribution in [3.8, 4) is 0 Å². The van der Waals surface area contributed by atoms with E-state index in [0.29, 0.717) is 0 Å². The molecule has 1 atom stereocenters. The summed E-state index contributed by atoms with van der Waals surface area (Å²) in [5.74, 6) is 0.767. The molecule has 0 spiro atoms. The summed E-state index contributed by atoms with van der Waals surface area (Å²) in [5.41, 5.74) is 0. The molecule has 0 saturated carbocycles. The first-order valence-electron chi connectivity index (χ1n) is 7.18.